The fourth-order valence-electron chi connectivity index (χ4n) is 4.67. The van der Waals surface area contributed by atoms with Gasteiger partial charge in [0.05, 0.1) is 23.4 Å². The second kappa shape index (κ2) is 8.91. The molecule has 4 rings (SSSR count). The van der Waals surface area contributed by atoms with Crippen LogP contribution in [0.4, 0.5) is 5.69 Å². The molecule has 6 nitrogen and oxygen atoms in total. The first-order chi connectivity index (χ1) is 14.6. The number of benzene rings is 1. The number of carbonyl (C=O) groups is 1. The minimum Gasteiger partial charge on any atom is -0.494 e. The minimum absolute atomic E-state index is 0.0901. The second-order valence-electron chi connectivity index (χ2n) is 8.51. The van der Waals surface area contributed by atoms with Crippen molar-refractivity contribution < 1.29 is 9.53 Å². The zero-order chi connectivity index (χ0) is 21.1. The number of nitrogens with zero attached hydrogens (tertiary/aromatic N) is 4. The Labute approximate surface area is 178 Å². The van der Waals surface area contributed by atoms with Crippen molar-refractivity contribution in [3.8, 4) is 11.8 Å². The highest BCUT2D eigenvalue weighted by Crippen LogP contribution is 2.35. The molecule has 0 unspecified atom stereocenters. The summed E-state index contributed by atoms with van der Waals surface area (Å²) in [5.74, 6) is 1.92. The van der Waals surface area contributed by atoms with E-state index in [1.54, 1.807) is 6.20 Å². The number of ether oxygens (including phenoxy) is 1. The summed E-state index contributed by atoms with van der Waals surface area (Å²) in [5, 5.41) is 10.6. The van der Waals surface area contributed by atoms with Gasteiger partial charge in [0, 0.05) is 43.7 Å². The number of rotatable bonds is 4. The molecule has 1 aromatic heterocycles. The topological polar surface area (TPSA) is 69.5 Å². The van der Waals surface area contributed by atoms with Gasteiger partial charge in [-0.1, -0.05) is 6.92 Å². The summed E-state index contributed by atoms with van der Waals surface area (Å²) in [5.41, 5.74) is 2.35. The van der Waals surface area contributed by atoms with Gasteiger partial charge in [-0.2, -0.15) is 5.26 Å². The van der Waals surface area contributed by atoms with Crippen LogP contribution in [0.5, 0.6) is 5.75 Å². The number of hydrogen-bond acceptors (Lipinski definition) is 5. The third-order valence-corrected chi connectivity index (χ3v) is 6.50. The smallest absolute Gasteiger partial charge is 0.225 e. The molecule has 2 aliphatic rings. The first-order valence-corrected chi connectivity index (χ1v) is 11.1. The molecule has 158 valence electrons. The fourth-order valence-corrected chi connectivity index (χ4v) is 4.67. The van der Waals surface area contributed by atoms with Gasteiger partial charge in [0.1, 0.15) is 11.8 Å². The minimum atomic E-state index is 0.0901. The predicted octanol–water partition coefficient (Wildman–Crippen LogP) is 3.98. The van der Waals surface area contributed by atoms with E-state index in [9.17, 15) is 10.1 Å². The van der Waals surface area contributed by atoms with Gasteiger partial charge in [0.2, 0.25) is 5.91 Å². The molecule has 2 saturated heterocycles. The van der Waals surface area contributed by atoms with Crippen LogP contribution in [-0.2, 0) is 4.79 Å². The summed E-state index contributed by atoms with van der Waals surface area (Å²) in [4.78, 5) is 21.8. The molecule has 0 aliphatic carbocycles. The van der Waals surface area contributed by atoms with Crippen molar-refractivity contribution in [2.45, 2.75) is 39.5 Å². The molecular formula is C24H30N4O2. The molecule has 30 heavy (non-hydrogen) atoms. The monoisotopic (exact) mass is 406 g/mol. The molecule has 0 N–H and O–H groups in total. The van der Waals surface area contributed by atoms with E-state index in [4.69, 9.17) is 4.74 Å². The highest BCUT2D eigenvalue weighted by molar-refractivity contribution is 5.95. The standard InChI is InChI=1S/C24H30N4O2/c1-3-30-20-4-5-22-21(14-20)23(19(15-25)16-26-22)27-12-8-18(9-13-27)24(29)28-10-6-17(2)7-11-28/h4-5,14,16-18H,3,6-13H2,1-2H3. The summed E-state index contributed by atoms with van der Waals surface area (Å²) in [7, 11) is 0. The van der Waals surface area contributed by atoms with Crippen LogP contribution in [0.15, 0.2) is 24.4 Å². The largest absolute Gasteiger partial charge is 0.494 e. The normalized spacial score (nSPS) is 18.4. The van der Waals surface area contributed by atoms with E-state index in [0.29, 0.717) is 18.1 Å². The number of likely N-dealkylation sites (tertiary alicyclic amines) is 1. The number of anilines is 1. The van der Waals surface area contributed by atoms with Gasteiger partial charge < -0.3 is 14.5 Å². The zero-order valence-corrected chi connectivity index (χ0v) is 17.9. The Morgan fingerprint density at radius 2 is 1.93 bits per heavy atom. The van der Waals surface area contributed by atoms with Crippen molar-refractivity contribution in [2.24, 2.45) is 11.8 Å². The second-order valence-corrected chi connectivity index (χ2v) is 8.51. The van der Waals surface area contributed by atoms with E-state index >= 15 is 0 Å². The van der Waals surface area contributed by atoms with E-state index in [1.165, 1.54) is 0 Å². The van der Waals surface area contributed by atoms with Crippen molar-refractivity contribution in [2.75, 3.05) is 37.7 Å². The number of hydrogen-bond donors (Lipinski definition) is 0. The molecule has 1 amide bonds. The molecule has 3 heterocycles. The Balaban J connectivity index is 1.53. The van der Waals surface area contributed by atoms with Crippen molar-refractivity contribution in [3.05, 3.63) is 30.0 Å². The Hall–Kier alpha value is -2.81. The molecule has 2 fully saturated rings. The van der Waals surface area contributed by atoms with Gasteiger partial charge in [-0.15, -0.1) is 0 Å². The average molecular weight is 407 g/mol. The molecule has 1 aromatic carbocycles. The number of nitriles is 1. The highest BCUT2D eigenvalue weighted by Gasteiger charge is 2.31. The third-order valence-electron chi connectivity index (χ3n) is 6.50. The number of pyridine rings is 1. The van der Waals surface area contributed by atoms with E-state index in [-0.39, 0.29) is 5.92 Å². The molecule has 0 atom stereocenters. The molecule has 0 spiro atoms. The van der Waals surface area contributed by atoms with Crippen LogP contribution < -0.4 is 9.64 Å². The fraction of sp³-hybridized carbons (Fsp3) is 0.542. The predicted molar refractivity (Wildman–Crippen MR) is 118 cm³/mol. The molecule has 0 bridgehead atoms. The van der Waals surface area contributed by atoms with Crippen molar-refractivity contribution in [1.29, 1.82) is 5.26 Å². The highest BCUT2D eigenvalue weighted by atomic mass is 16.5. The van der Waals surface area contributed by atoms with Gasteiger partial charge >= 0.3 is 0 Å². The molecule has 6 heteroatoms. The average Bonchev–Trinajstić information content (AvgIpc) is 2.78. The Kier molecular flexibility index (Phi) is 6.08. The molecule has 2 aromatic rings. The zero-order valence-electron chi connectivity index (χ0n) is 17.9. The number of fused-ring (bicyclic) bond motifs is 1. The third kappa shape index (κ3) is 4.07. The van der Waals surface area contributed by atoms with Crippen molar-refractivity contribution in [1.82, 2.24) is 9.88 Å². The van der Waals surface area contributed by atoms with E-state index in [2.05, 4.69) is 27.8 Å². The van der Waals surface area contributed by atoms with Crippen LogP contribution in [0.25, 0.3) is 10.9 Å². The quantitative estimate of drug-likeness (QED) is 0.768. The Morgan fingerprint density at radius 1 is 1.20 bits per heavy atom. The van der Waals surface area contributed by atoms with Crippen LogP contribution in [0.3, 0.4) is 0 Å². The number of piperidine rings is 2. The lowest BCUT2D eigenvalue weighted by Crippen LogP contribution is -2.45. The van der Waals surface area contributed by atoms with Gasteiger partial charge in [-0.25, -0.2) is 0 Å². The van der Waals surface area contributed by atoms with E-state index in [0.717, 1.165) is 80.1 Å². The van der Waals surface area contributed by atoms with Gasteiger partial charge in [0.15, 0.2) is 0 Å². The SMILES string of the molecule is CCOc1ccc2ncc(C#N)c(N3CCC(C(=O)N4CCC(C)CC4)CC3)c2c1. The number of aromatic nitrogens is 1. The maximum absolute atomic E-state index is 13.0. The first-order valence-electron chi connectivity index (χ1n) is 11.1. The van der Waals surface area contributed by atoms with Gasteiger partial charge in [-0.05, 0) is 56.7 Å². The Bertz CT molecular complexity index is 952. The lowest BCUT2D eigenvalue weighted by molar-refractivity contribution is -0.137. The molecule has 0 saturated carbocycles. The van der Waals surface area contributed by atoms with Crippen LogP contribution in [0.2, 0.25) is 0 Å². The summed E-state index contributed by atoms with van der Waals surface area (Å²) < 4.78 is 5.67. The number of carbonyl (C=O) groups excluding carboxylic acids is 1. The molecular weight excluding hydrogens is 376 g/mol. The van der Waals surface area contributed by atoms with Crippen LogP contribution in [0.1, 0.15) is 45.1 Å². The lowest BCUT2D eigenvalue weighted by atomic mass is 9.92. The molecule has 2 aliphatic heterocycles. The number of amides is 1. The van der Waals surface area contributed by atoms with E-state index in [1.807, 2.05) is 25.1 Å². The van der Waals surface area contributed by atoms with Crippen molar-refractivity contribution >= 4 is 22.5 Å². The lowest BCUT2D eigenvalue weighted by Gasteiger charge is -2.38. The van der Waals surface area contributed by atoms with Gasteiger partial charge in [0.25, 0.3) is 0 Å². The van der Waals surface area contributed by atoms with Crippen LogP contribution >= 0.6 is 0 Å². The summed E-state index contributed by atoms with van der Waals surface area (Å²) >= 11 is 0. The van der Waals surface area contributed by atoms with Crippen molar-refractivity contribution in [3.63, 3.8) is 0 Å². The van der Waals surface area contributed by atoms with E-state index < -0.39 is 0 Å². The summed E-state index contributed by atoms with van der Waals surface area (Å²) in [6, 6.07) is 8.15. The summed E-state index contributed by atoms with van der Waals surface area (Å²) in [6.07, 6.45) is 5.53. The maximum atomic E-state index is 13.0. The van der Waals surface area contributed by atoms with Gasteiger partial charge in [-0.3, -0.25) is 9.78 Å². The first kappa shape index (κ1) is 20.5. The maximum Gasteiger partial charge on any atom is 0.225 e. The Morgan fingerprint density at radius 3 is 2.60 bits per heavy atom. The van der Waals surface area contributed by atoms with Crippen LogP contribution in [0, 0.1) is 23.2 Å². The summed E-state index contributed by atoms with van der Waals surface area (Å²) in [6.45, 7) is 8.15. The molecule has 0 radical (unpaired) electrons. The van der Waals surface area contributed by atoms with Crippen LogP contribution in [-0.4, -0.2) is 48.6 Å².